The van der Waals surface area contributed by atoms with Crippen LogP contribution in [0.2, 0.25) is 0 Å². The largest absolute Gasteiger partial charge is 0.467 e. The van der Waals surface area contributed by atoms with Crippen LogP contribution >= 0.6 is 0 Å². The third-order valence-electron chi connectivity index (χ3n) is 5.08. The molecule has 3 rings (SSSR count). The summed E-state index contributed by atoms with van der Waals surface area (Å²) in [4.78, 5) is 23.9. The molecule has 1 unspecified atom stereocenters. The van der Waals surface area contributed by atoms with Crippen LogP contribution in [0.25, 0.3) is 0 Å². The quantitative estimate of drug-likeness (QED) is 0.819. The maximum Gasteiger partial charge on any atom is 0.408 e. The Kier molecular flexibility index (Phi) is 4.84. The lowest BCUT2D eigenvalue weighted by molar-refractivity contribution is -0.143. The number of esters is 1. The number of rotatable bonds is 6. The summed E-state index contributed by atoms with van der Waals surface area (Å²) in [6, 6.07) is 8.84. The Morgan fingerprint density at radius 1 is 1.22 bits per heavy atom. The summed E-state index contributed by atoms with van der Waals surface area (Å²) in [7, 11) is 1.35. The normalized spacial score (nSPS) is 26.0. The van der Waals surface area contributed by atoms with Gasteiger partial charge in [-0.1, -0.05) is 36.8 Å². The van der Waals surface area contributed by atoms with Gasteiger partial charge in [0.2, 0.25) is 0 Å². The summed E-state index contributed by atoms with van der Waals surface area (Å²) in [6.45, 7) is 0.190. The monoisotopic (exact) mass is 317 g/mol. The smallest absolute Gasteiger partial charge is 0.408 e. The van der Waals surface area contributed by atoms with Gasteiger partial charge in [-0.25, -0.2) is 9.59 Å². The number of carbonyl (C=O) groups is 2. The minimum Gasteiger partial charge on any atom is -0.467 e. The number of hydrogen-bond donors (Lipinski definition) is 1. The van der Waals surface area contributed by atoms with Crippen molar-refractivity contribution >= 4 is 12.1 Å². The van der Waals surface area contributed by atoms with Crippen molar-refractivity contribution in [1.82, 2.24) is 5.32 Å². The van der Waals surface area contributed by atoms with E-state index in [-0.39, 0.29) is 6.61 Å². The van der Waals surface area contributed by atoms with E-state index >= 15 is 0 Å². The molecule has 2 aliphatic carbocycles. The molecule has 0 heterocycles. The van der Waals surface area contributed by atoms with E-state index in [0.29, 0.717) is 12.3 Å². The minimum absolute atomic E-state index is 0.190. The lowest BCUT2D eigenvalue weighted by Crippen LogP contribution is -2.42. The average Bonchev–Trinajstić information content (AvgIpc) is 3.00. The van der Waals surface area contributed by atoms with Gasteiger partial charge in [0.05, 0.1) is 7.11 Å². The first-order valence-electron chi connectivity index (χ1n) is 8.24. The molecule has 3 atom stereocenters. The topological polar surface area (TPSA) is 64.6 Å². The van der Waals surface area contributed by atoms with Crippen molar-refractivity contribution < 1.29 is 19.1 Å². The molecule has 0 aliphatic heterocycles. The molecule has 0 saturated heterocycles. The number of methoxy groups -OCH3 is 1. The highest BCUT2D eigenvalue weighted by atomic mass is 16.6. The maximum atomic E-state index is 12.0. The zero-order valence-electron chi connectivity index (χ0n) is 13.4. The molecule has 2 aliphatic rings. The highest BCUT2D eigenvalue weighted by Gasteiger charge is 2.53. The zero-order valence-corrected chi connectivity index (χ0v) is 13.4. The van der Waals surface area contributed by atoms with Crippen molar-refractivity contribution in [3.8, 4) is 0 Å². The highest BCUT2D eigenvalue weighted by Crippen LogP contribution is 2.59. The van der Waals surface area contributed by atoms with Crippen molar-refractivity contribution in [2.45, 2.75) is 38.3 Å². The third kappa shape index (κ3) is 3.84. The molecule has 23 heavy (non-hydrogen) atoms. The summed E-state index contributed by atoms with van der Waals surface area (Å²) in [5.74, 6) is 1.63. The summed E-state index contributed by atoms with van der Waals surface area (Å²) >= 11 is 0. The molecule has 5 heteroatoms. The predicted molar refractivity (Wildman–Crippen MR) is 84.5 cm³/mol. The Bertz CT molecular complexity index is 549. The number of nitrogens with one attached hydrogen (secondary N) is 1. The molecule has 1 amide bonds. The van der Waals surface area contributed by atoms with Crippen LogP contribution in [0, 0.1) is 17.8 Å². The lowest BCUT2D eigenvalue weighted by atomic mass is 10.0. The van der Waals surface area contributed by atoms with Crippen LogP contribution in [0.5, 0.6) is 0 Å². The molecule has 2 saturated carbocycles. The fourth-order valence-electron chi connectivity index (χ4n) is 3.86. The third-order valence-corrected chi connectivity index (χ3v) is 5.08. The average molecular weight is 317 g/mol. The standard InChI is InChI=1S/C18H23NO4/c1-22-17(20)16(10-15-13-8-5-9-14(13)15)19-18(21)23-11-12-6-3-2-4-7-12/h2-4,6-7,13-16H,5,8-11H2,1H3,(H,19,21)/t13-,14-,16?/m0/s1. The number of ether oxygens (including phenoxy) is 2. The number of carbonyl (C=O) groups excluding carboxylic acids is 2. The van der Waals surface area contributed by atoms with Gasteiger partial charge < -0.3 is 14.8 Å². The Labute approximate surface area is 136 Å². The molecule has 0 radical (unpaired) electrons. The van der Waals surface area contributed by atoms with Gasteiger partial charge >= 0.3 is 12.1 Å². The maximum absolute atomic E-state index is 12.0. The molecule has 2 fully saturated rings. The Morgan fingerprint density at radius 3 is 2.57 bits per heavy atom. The van der Waals surface area contributed by atoms with E-state index in [2.05, 4.69) is 5.32 Å². The molecule has 0 spiro atoms. The Balaban J connectivity index is 1.49. The van der Waals surface area contributed by atoms with Crippen molar-refractivity contribution in [2.75, 3.05) is 7.11 Å². The predicted octanol–water partition coefficient (Wildman–Crippen LogP) is 2.89. The lowest BCUT2D eigenvalue weighted by Gasteiger charge is -2.17. The van der Waals surface area contributed by atoms with Gasteiger partial charge in [0.15, 0.2) is 0 Å². The fourth-order valence-corrected chi connectivity index (χ4v) is 3.86. The number of alkyl carbamates (subject to hydrolysis) is 1. The van der Waals surface area contributed by atoms with Crippen LogP contribution in [0.3, 0.4) is 0 Å². The van der Waals surface area contributed by atoms with Crippen molar-refractivity contribution in [2.24, 2.45) is 17.8 Å². The van der Waals surface area contributed by atoms with Crippen LogP contribution in [-0.4, -0.2) is 25.2 Å². The SMILES string of the molecule is COC(=O)C(CC1[C@H]2CCC[C@H]12)NC(=O)OCc1ccccc1. The molecular weight excluding hydrogens is 294 g/mol. The molecular formula is C18H23NO4. The Hall–Kier alpha value is -2.04. The van der Waals surface area contributed by atoms with E-state index < -0.39 is 18.1 Å². The molecule has 5 nitrogen and oxygen atoms in total. The first-order chi connectivity index (χ1) is 11.2. The molecule has 124 valence electrons. The van der Waals surface area contributed by atoms with Crippen LogP contribution in [0.1, 0.15) is 31.2 Å². The van der Waals surface area contributed by atoms with Gasteiger partial charge in [-0.15, -0.1) is 0 Å². The van der Waals surface area contributed by atoms with E-state index in [1.807, 2.05) is 30.3 Å². The second-order valence-electron chi connectivity index (χ2n) is 6.44. The van der Waals surface area contributed by atoms with Crippen LogP contribution < -0.4 is 5.32 Å². The highest BCUT2D eigenvalue weighted by molar-refractivity contribution is 5.81. The van der Waals surface area contributed by atoms with Gasteiger partial charge in [0, 0.05) is 0 Å². The molecule has 0 bridgehead atoms. The molecule has 1 N–H and O–H groups in total. The Morgan fingerprint density at radius 2 is 1.91 bits per heavy atom. The first kappa shape index (κ1) is 15.8. The van der Waals surface area contributed by atoms with Crippen molar-refractivity contribution in [1.29, 1.82) is 0 Å². The molecule has 0 aromatic heterocycles. The second-order valence-corrected chi connectivity index (χ2v) is 6.44. The summed E-state index contributed by atoms with van der Waals surface area (Å²) in [5, 5.41) is 2.66. The van der Waals surface area contributed by atoms with E-state index in [1.165, 1.54) is 26.4 Å². The second kappa shape index (κ2) is 7.02. The zero-order chi connectivity index (χ0) is 16.2. The van der Waals surface area contributed by atoms with E-state index in [0.717, 1.165) is 17.4 Å². The fraction of sp³-hybridized carbons (Fsp3) is 0.556. The number of hydrogen-bond acceptors (Lipinski definition) is 4. The summed E-state index contributed by atoms with van der Waals surface area (Å²) < 4.78 is 10.0. The number of amides is 1. The van der Waals surface area contributed by atoms with E-state index in [1.54, 1.807) is 0 Å². The minimum atomic E-state index is -0.612. The summed E-state index contributed by atoms with van der Waals surface area (Å²) in [6.07, 6.45) is 3.88. The molecule has 1 aromatic carbocycles. The van der Waals surface area contributed by atoms with E-state index in [4.69, 9.17) is 9.47 Å². The molecule has 1 aromatic rings. The van der Waals surface area contributed by atoms with Gasteiger partial charge in [0.25, 0.3) is 0 Å². The van der Waals surface area contributed by atoms with Gasteiger partial charge in [-0.3, -0.25) is 0 Å². The van der Waals surface area contributed by atoms with Crippen molar-refractivity contribution in [3.63, 3.8) is 0 Å². The van der Waals surface area contributed by atoms with Crippen LogP contribution in [0.4, 0.5) is 4.79 Å². The van der Waals surface area contributed by atoms with Gasteiger partial charge in [-0.05, 0) is 42.6 Å². The first-order valence-corrected chi connectivity index (χ1v) is 8.24. The van der Waals surface area contributed by atoms with Gasteiger partial charge in [-0.2, -0.15) is 0 Å². The van der Waals surface area contributed by atoms with Crippen LogP contribution in [0.15, 0.2) is 30.3 Å². The number of benzene rings is 1. The summed E-state index contributed by atoms with van der Waals surface area (Å²) in [5.41, 5.74) is 0.911. The van der Waals surface area contributed by atoms with Crippen LogP contribution in [-0.2, 0) is 20.9 Å². The van der Waals surface area contributed by atoms with E-state index in [9.17, 15) is 9.59 Å². The number of fused-ring (bicyclic) bond motifs is 1. The van der Waals surface area contributed by atoms with Gasteiger partial charge in [0.1, 0.15) is 12.6 Å². The van der Waals surface area contributed by atoms with Crippen molar-refractivity contribution in [3.05, 3.63) is 35.9 Å².